The van der Waals surface area contributed by atoms with Crippen LogP contribution in [-0.2, 0) is 6.42 Å². The van der Waals surface area contributed by atoms with Crippen molar-refractivity contribution in [2.24, 2.45) is 5.84 Å². The van der Waals surface area contributed by atoms with E-state index in [0.717, 1.165) is 38.0 Å². The molecule has 0 spiro atoms. The average Bonchev–Trinajstić information content (AvgIpc) is 2.39. The van der Waals surface area contributed by atoms with Crippen LogP contribution >= 0.6 is 12.2 Å². The van der Waals surface area contributed by atoms with Crippen LogP contribution in [0.3, 0.4) is 0 Å². The number of anilines is 1. The fraction of sp³-hybridized carbons (Fsp3) is 0.462. The van der Waals surface area contributed by atoms with Gasteiger partial charge in [-0.05, 0) is 49.2 Å². The lowest BCUT2D eigenvalue weighted by atomic mass is 10.1. The summed E-state index contributed by atoms with van der Waals surface area (Å²) in [6.45, 7) is 3.84. The number of nitrogens with one attached hydrogen (secondary N) is 3. The molecule has 18 heavy (non-hydrogen) atoms. The maximum Gasteiger partial charge on any atom is 0.170 e. The van der Waals surface area contributed by atoms with Crippen molar-refractivity contribution in [2.75, 3.05) is 18.4 Å². The molecule has 0 aliphatic rings. The van der Waals surface area contributed by atoms with Crippen molar-refractivity contribution >= 4 is 23.0 Å². The van der Waals surface area contributed by atoms with Crippen molar-refractivity contribution in [1.82, 2.24) is 10.7 Å². The largest absolute Gasteiger partial charge is 0.362 e. The lowest BCUT2D eigenvalue weighted by Crippen LogP contribution is -2.30. The lowest BCUT2D eigenvalue weighted by molar-refractivity contribution is 0.637. The average molecular weight is 266 g/mol. The van der Waals surface area contributed by atoms with Crippen LogP contribution in [0, 0.1) is 0 Å². The zero-order valence-corrected chi connectivity index (χ0v) is 11.6. The van der Waals surface area contributed by atoms with E-state index >= 15 is 0 Å². The van der Waals surface area contributed by atoms with Crippen molar-refractivity contribution in [1.29, 1.82) is 0 Å². The van der Waals surface area contributed by atoms with Gasteiger partial charge in [0.25, 0.3) is 0 Å². The minimum absolute atomic E-state index is 0.667. The number of unbranched alkanes of at least 4 members (excludes halogenated alkanes) is 1. The quantitative estimate of drug-likeness (QED) is 0.262. The first-order valence-electron chi connectivity index (χ1n) is 6.33. The molecular weight excluding hydrogens is 244 g/mol. The van der Waals surface area contributed by atoms with E-state index in [1.54, 1.807) is 0 Å². The SMILES string of the molecule is CCc1ccc(NC(=S)NCCCCNN)cc1. The molecule has 1 rings (SSSR count). The Morgan fingerprint density at radius 1 is 1.17 bits per heavy atom. The highest BCUT2D eigenvalue weighted by Gasteiger charge is 1.97. The molecular formula is C13H22N4S. The van der Waals surface area contributed by atoms with Crippen LogP contribution in [0.2, 0.25) is 0 Å². The topological polar surface area (TPSA) is 62.1 Å². The van der Waals surface area contributed by atoms with Gasteiger partial charge in [-0.25, -0.2) is 0 Å². The van der Waals surface area contributed by atoms with Gasteiger partial charge in [0.15, 0.2) is 5.11 Å². The van der Waals surface area contributed by atoms with Gasteiger partial charge >= 0.3 is 0 Å². The summed E-state index contributed by atoms with van der Waals surface area (Å²) in [5, 5.41) is 7.00. The highest BCUT2D eigenvalue weighted by atomic mass is 32.1. The predicted octanol–water partition coefficient (Wildman–Crippen LogP) is 1.78. The zero-order chi connectivity index (χ0) is 13.2. The van der Waals surface area contributed by atoms with Crippen molar-refractivity contribution in [3.05, 3.63) is 29.8 Å². The Morgan fingerprint density at radius 2 is 1.83 bits per heavy atom. The monoisotopic (exact) mass is 266 g/mol. The summed E-state index contributed by atoms with van der Waals surface area (Å²) in [6.07, 6.45) is 3.14. The van der Waals surface area contributed by atoms with Gasteiger partial charge in [-0.1, -0.05) is 19.1 Å². The molecule has 0 saturated heterocycles. The van der Waals surface area contributed by atoms with E-state index in [2.05, 4.69) is 35.1 Å². The standard InChI is InChI=1S/C13H22N4S/c1-2-11-5-7-12(8-6-11)17-13(18)15-9-3-4-10-16-14/h5-8,16H,2-4,9-10,14H2,1H3,(H2,15,17,18). The van der Waals surface area contributed by atoms with Crippen molar-refractivity contribution in [3.63, 3.8) is 0 Å². The van der Waals surface area contributed by atoms with Gasteiger partial charge in [-0.3, -0.25) is 11.3 Å². The molecule has 5 heteroatoms. The maximum absolute atomic E-state index is 5.21. The number of rotatable bonds is 7. The fourth-order valence-electron chi connectivity index (χ4n) is 1.55. The Morgan fingerprint density at radius 3 is 2.44 bits per heavy atom. The molecule has 0 atom stereocenters. The zero-order valence-electron chi connectivity index (χ0n) is 10.8. The summed E-state index contributed by atoms with van der Waals surface area (Å²) in [6, 6.07) is 8.31. The van der Waals surface area contributed by atoms with Crippen LogP contribution in [0.4, 0.5) is 5.69 Å². The molecule has 0 aliphatic carbocycles. The first kappa shape index (κ1) is 14.9. The summed E-state index contributed by atoms with van der Waals surface area (Å²) in [5.74, 6) is 5.19. The molecule has 0 heterocycles. The molecule has 0 fully saturated rings. The van der Waals surface area contributed by atoms with E-state index in [1.165, 1.54) is 5.56 Å². The second-order valence-electron chi connectivity index (χ2n) is 4.09. The molecule has 1 aromatic rings. The molecule has 5 N–H and O–H groups in total. The maximum atomic E-state index is 5.21. The first-order chi connectivity index (χ1) is 8.76. The second-order valence-corrected chi connectivity index (χ2v) is 4.50. The van der Waals surface area contributed by atoms with Gasteiger partial charge in [0.05, 0.1) is 0 Å². The third-order valence-electron chi connectivity index (χ3n) is 2.65. The van der Waals surface area contributed by atoms with Gasteiger partial charge in [0, 0.05) is 18.8 Å². The van der Waals surface area contributed by atoms with Crippen molar-refractivity contribution in [2.45, 2.75) is 26.2 Å². The van der Waals surface area contributed by atoms with Gasteiger partial charge in [-0.2, -0.15) is 0 Å². The van der Waals surface area contributed by atoms with Crippen LogP contribution in [0.25, 0.3) is 0 Å². The smallest absolute Gasteiger partial charge is 0.170 e. The number of benzene rings is 1. The van der Waals surface area contributed by atoms with Crippen LogP contribution in [0.15, 0.2) is 24.3 Å². The number of thiocarbonyl (C=S) groups is 1. The summed E-state index contributed by atoms with van der Waals surface area (Å²) >= 11 is 5.21. The Balaban J connectivity index is 2.22. The Kier molecular flexibility index (Phi) is 7.32. The number of nitrogens with two attached hydrogens (primary N) is 1. The van der Waals surface area contributed by atoms with Gasteiger partial charge in [0.1, 0.15) is 0 Å². The Labute approximate surface area is 114 Å². The third kappa shape index (κ3) is 5.95. The molecule has 1 aromatic carbocycles. The molecule has 0 aliphatic heterocycles. The van der Waals surface area contributed by atoms with E-state index < -0.39 is 0 Å². The number of hydrogen-bond acceptors (Lipinski definition) is 3. The highest BCUT2D eigenvalue weighted by Crippen LogP contribution is 2.09. The first-order valence-corrected chi connectivity index (χ1v) is 6.74. The lowest BCUT2D eigenvalue weighted by Gasteiger charge is -2.10. The van der Waals surface area contributed by atoms with E-state index in [0.29, 0.717) is 5.11 Å². The summed E-state index contributed by atoms with van der Waals surface area (Å²) in [7, 11) is 0. The van der Waals surface area contributed by atoms with Gasteiger partial charge in [-0.15, -0.1) is 0 Å². The molecule has 4 nitrogen and oxygen atoms in total. The fourth-order valence-corrected chi connectivity index (χ4v) is 1.77. The Bertz CT molecular complexity index is 351. The van der Waals surface area contributed by atoms with Gasteiger partial charge < -0.3 is 10.6 Å². The van der Waals surface area contributed by atoms with Crippen molar-refractivity contribution < 1.29 is 0 Å². The van der Waals surface area contributed by atoms with E-state index in [9.17, 15) is 0 Å². The molecule has 0 bridgehead atoms. The molecule has 0 aromatic heterocycles. The number of hydrogen-bond donors (Lipinski definition) is 4. The second kappa shape index (κ2) is 8.85. The van der Waals surface area contributed by atoms with Crippen LogP contribution in [-0.4, -0.2) is 18.2 Å². The van der Waals surface area contributed by atoms with E-state index in [4.69, 9.17) is 18.1 Å². The normalized spacial score (nSPS) is 10.1. The van der Waals surface area contributed by atoms with E-state index in [1.807, 2.05) is 12.1 Å². The summed E-state index contributed by atoms with van der Waals surface area (Å²) < 4.78 is 0. The highest BCUT2D eigenvalue weighted by molar-refractivity contribution is 7.80. The Hall–Kier alpha value is -1.17. The van der Waals surface area contributed by atoms with Crippen LogP contribution in [0.1, 0.15) is 25.3 Å². The van der Waals surface area contributed by atoms with Gasteiger partial charge in [0.2, 0.25) is 0 Å². The van der Waals surface area contributed by atoms with E-state index in [-0.39, 0.29) is 0 Å². The number of aryl methyl sites for hydroxylation is 1. The van der Waals surface area contributed by atoms with Crippen LogP contribution < -0.4 is 21.9 Å². The third-order valence-corrected chi connectivity index (χ3v) is 2.90. The van der Waals surface area contributed by atoms with Crippen LogP contribution in [0.5, 0.6) is 0 Å². The molecule has 0 unspecified atom stereocenters. The molecule has 0 amide bonds. The number of hydrazine groups is 1. The van der Waals surface area contributed by atoms with Crippen molar-refractivity contribution in [3.8, 4) is 0 Å². The summed E-state index contributed by atoms with van der Waals surface area (Å²) in [4.78, 5) is 0. The molecule has 100 valence electrons. The minimum Gasteiger partial charge on any atom is -0.362 e. The summed E-state index contributed by atoms with van der Waals surface area (Å²) in [5.41, 5.74) is 4.98. The molecule has 0 radical (unpaired) electrons. The minimum atomic E-state index is 0.667. The predicted molar refractivity (Wildman–Crippen MR) is 81.5 cm³/mol. The molecule has 0 saturated carbocycles.